The second-order valence-electron chi connectivity index (χ2n) is 6.08. The van der Waals surface area contributed by atoms with Crippen LogP contribution in [0.4, 0.5) is 0 Å². The smallest absolute Gasteiger partial charge is 0.192 e. The Morgan fingerprint density at radius 3 is 2.27 bits per heavy atom. The van der Waals surface area contributed by atoms with Gasteiger partial charge in [-0.1, -0.05) is 34.1 Å². The fourth-order valence-electron chi connectivity index (χ4n) is 1.43. The molecule has 1 aliphatic heterocycles. The van der Waals surface area contributed by atoms with Crippen molar-refractivity contribution in [3.8, 4) is 0 Å². The molecule has 1 fully saturated rings. The van der Waals surface area contributed by atoms with Crippen LogP contribution >= 0.6 is 0 Å². The number of rotatable bonds is 5. The molecule has 3 heteroatoms. The lowest BCUT2D eigenvalue weighted by Gasteiger charge is -2.39. The lowest BCUT2D eigenvalue weighted by molar-refractivity contribution is 0.133. The fraction of sp³-hybridized carbons (Fsp3) is 1.00. The highest BCUT2D eigenvalue weighted by Gasteiger charge is 2.43. The van der Waals surface area contributed by atoms with Gasteiger partial charge in [0, 0.05) is 0 Å². The standard InChI is InChI=1S/C12H26O2Si/c1-7-8-10(11-9-13-11)14-15(5,6)12(2,3)4/h10-11H,7-9H2,1-6H3/t10-,11+/m1/s1. The molecule has 2 nitrogen and oxygen atoms in total. The molecule has 0 bridgehead atoms. The van der Waals surface area contributed by atoms with Crippen molar-refractivity contribution in [3.63, 3.8) is 0 Å². The predicted octanol–water partition coefficient (Wildman–Crippen LogP) is 3.58. The molecule has 1 heterocycles. The first kappa shape index (κ1) is 13.2. The van der Waals surface area contributed by atoms with Gasteiger partial charge in [0.15, 0.2) is 8.32 Å². The first-order chi connectivity index (χ1) is 6.78. The van der Waals surface area contributed by atoms with Crippen molar-refractivity contribution in [2.75, 3.05) is 6.61 Å². The van der Waals surface area contributed by atoms with Gasteiger partial charge in [-0.15, -0.1) is 0 Å². The van der Waals surface area contributed by atoms with Crippen LogP contribution in [-0.2, 0) is 9.16 Å². The van der Waals surface area contributed by atoms with Crippen LogP contribution in [0.5, 0.6) is 0 Å². The van der Waals surface area contributed by atoms with Gasteiger partial charge in [-0.3, -0.25) is 0 Å². The monoisotopic (exact) mass is 230 g/mol. The van der Waals surface area contributed by atoms with E-state index >= 15 is 0 Å². The molecule has 15 heavy (non-hydrogen) atoms. The zero-order chi connectivity index (χ0) is 11.7. The summed E-state index contributed by atoms with van der Waals surface area (Å²) in [5, 5.41) is 0.299. The second kappa shape index (κ2) is 4.56. The highest BCUT2D eigenvalue weighted by molar-refractivity contribution is 6.74. The molecule has 0 aromatic carbocycles. The summed E-state index contributed by atoms with van der Waals surface area (Å²) in [5.74, 6) is 0. The van der Waals surface area contributed by atoms with Crippen LogP contribution in [0.2, 0.25) is 18.1 Å². The average molecular weight is 230 g/mol. The van der Waals surface area contributed by atoms with Crippen LogP contribution in [-0.4, -0.2) is 27.1 Å². The fourth-order valence-corrected chi connectivity index (χ4v) is 2.81. The normalized spacial score (nSPS) is 24.0. The molecule has 90 valence electrons. The summed E-state index contributed by atoms with van der Waals surface area (Å²) in [6.07, 6.45) is 3.05. The Hall–Kier alpha value is 0.137. The summed E-state index contributed by atoms with van der Waals surface area (Å²) in [6, 6.07) is 0. The van der Waals surface area contributed by atoms with E-state index in [0.717, 1.165) is 13.0 Å². The average Bonchev–Trinajstić information content (AvgIpc) is 2.82. The van der Waals surface area contributed by atoms with Gasteiger partial charge in [0.25, 0.3) is 0 Å². The summed E-state index contributed by atoms with van der Waals surface area (Å²) in [6.45, 7) is 14.6. The van der Waals surface area contributed by atoms with Gasteiger partial charge in [-0.05, 0) is 24.6 Å². The molecule has 0 unspecified atom stereocenters. The van der Waals surface area contributed by atoms with Gasteiger partial charge in [0.05, 0.1) is 12.7 Å². The van der Waals surface area contributed by atoms with Gasteiger partial charge in [0.2, 0.25) is 0 Å². The van der Waals surface area contributed by atoms with Crippen molar-refractivity contribution >= 4 is 8.32 Å². The van der Waals surface area contributed by atoms with Crippen molar-refractivity contribution < 1.29 is 9.16 Å². The van der Waals surface area contributed by atoms with E-state index in [-0.39, 0.29) is 0 Å². The topological polar surface area (TPSA) is 21.8 Å². The van der Waals surface area contributed by atoms with E-state index in [1.807, 2.05) is 0 Å². The molecular formula is C12H26O2Si. The van der Waals surface area contributed by atoms with Gasteiger partial charge in [0.1, 0.15) is 6.10 Å². The third-order valence-corrected chi connectivity index (χ3v) is 8.10. The molecule has 0 spiro atoms. The molecule has 1 aliphatic rings. The maximum atomic E-state index is 6.38. The Kier molecular flexibility index (Phi) is 4.01. The maximum absolute atomic E-state index is 6.38. The summed E-state index contributed by atoms with van der Waals surface area (Å²) in [7, 11) is -1.61. The van der Waals surface area contributed by atoms with Gasteiger partial charge in [-0.25, -0.2) is 0 Å². The second-order valence-corrected chi connectivity index (χ2v) is 10.8. The summed E-state index contributed by atoms with van der Waals surface area (Å²) >= 11 is 0. The lowest BCUT2D eigenvalue weighted by atomic mass is 10.2. The van der Waals surface area contributed by atoms with Crippen molar-refractivity contribution in [1.29, 1.82) is 0 Å². The third kappa shape index (κ3) is 3.57. The third-order valence-electron chi connectivity index (χ3n) is 3.60. The molecule has 0 saturated carbocycles. The molecule has 0 N–H and O–H groups in total. The number of ether oxygens (including phenoxy) is 1. The molecule has 0 aromatic heterocycles. The number of hydrogen-bond donors (Lipinski definition) is 0. The van der Waals surface area contributed by atoms with E-state index in [1.165, 1.54) is 6.42 Å². The lowest BCUT2D eigenvalue weighted by Crippen LogP contribution is -2.45. The predicted molar refractivity (Wildman–Crippen MR) is 66.7 cm³/mol. The molecule has 1 rings (SSSR count). The molecule has 1 saturated heterocycles. The molecular weight excluding hydrogens is 204 g/mol. The first-order valence-electron chi connectivity index (χ1n) is 6.07. The van der Waals surface area contributed by atoms with E-state index in [9.17, 15) is 0 Å². The molecule has 0 radical (unpaired) electrons. The zero-order valence-electron chi connectivity index (χ0n) is 11.1. The quantitative estimate of drug-likeness (QED) is 0.532. The van der Waals surface area contributed by atoms with E-state index < -0.39 is 8.32 Å². The van der Waals surface area contributed by atoms with E-state index in [2.05, 4.69) is 40.8 Å². The van der Waals surface area contributed by atoms with Gasteiger partial charge < -0.3 is 9.16 Å². The number of epoxide rings is 1. The minimum Gasteiger partial charge on any atom is -0.411 e. The maximum Gasteiger partial charge on any atom is 0.192 e. The Bertz CT molecular complexity index is 204. The van der Waals surface area contributed by atoms with Crippen LogP contribution in [0.15, 0.2) is 0 Å². The summed E-state index contributed by atoms with van der Waals surface area (Å²) in [4.78, 5) is 0. The zero-order valence-corrected chi connectivity index (χ0v) is 12.1. The minimum absolute atomic E-state index is 0.299. The van der Waals surface area contributed by atoms with E-state index in [4.69, 9.17) is 9.16 Å². The van der Waals surface area contributed by atoms with Crippen molar-refractivity contribution in [2.45, 2.75) is 70.9 Å². The Morgan fingerprint density at radius 1 is 1.40 bits per heavy atom. The molecule has 0 aromatic rings. The highest BCUT2D eigenvalue weighted by atomic mass is 28.4. The Morgan fingerprint density at radius 2 is 1.93 bits per heavy atom. The molecule has 0 amide bonds. The Balaban J connectivity index is 2.56. The number of hydrogen-bond acceptors (Lipinski definition) is 2. The van der Waals surface area contributed by atoms with Crippen molar-refractivity contribution in [3.05, 3.63) is 0 Å². The largest absolute Gasteiger partial charge is 0.411 e. The SMILES string of the molecule is CCC[C@@H](O[Si](C)(C)C(C)(C)C)[C@@H]1CO1. The van der Waals surface area contributed by atoms with Gasteiger partial charge >= 0.3 is 0 Å². The van der Waals surface area contributed by atoms with Crippen LogP contribution < -0.4 is 0 Å². The van der Waals surface area contributed by atoms with Crippen molar-refractivity contribution in [2.24, 2.45) is 0 Å². The van der Waals surface area contributed by atoms with Crippen LogP contribution in [0.3, 0.4) is 0 Å². The van der Waals surface area contributed by atoms with E-state index in [1.54, 1.807) is 0 Å². The van der Waals surface area contributed by atoms with Crippen LogP contribution in [0, 0.1) is 0 Å². The van der Waals surface area contributed by atoms with Crippen LogP contribution in [0.25, 0.3) is 0 Å². The Labute approximate surface area is 95.5 Å². The summed E-state index contributed by atoms with van der Waals surface area (Å²) in [5.41, 5.74) is 0. The van der Waals surface area contributed by atoms with Gasteiger partial charge in [-0.2, -0.15) is 0 Å². The highest BCUT2D eigenvalue weighted by Crippen LogP contribution is 2.39. The molecule has 0 aliphatic carbocycles. The molecule has 2 atom stereocenters. The van der Waals surface area contributed by atoms with E-state index in [0.29, 0.717) is 17.2 Å². The van der Waals surface area contributed by atoms with Crippen LogP contribution in [0.1, 0.15) is 40.5 Å². The first-order valence-corrected chi connectivity index (χ1v) is 8.98. The van der Waals surface area contributed by atoms with Crippen molar-refractivity contribution in [1.82, 2.24) is 0 Å². The minimum atomic E-state index is -1.61. The summed E-state index contributed by atoms with van der Waals surface area (Å²) < 4.78 is 11.8.